The maximum absolute atomic E-state index is 5.60. The van der Waals surface area contributed by atoms with Gasteiger partial charge in [0.1, 0.15) is 0 Å². The second-order valence-electron chi connectivity index (χ2n) is 5.07. The van der Waals surface area contributed by atoms with E-state index in [1.54, 1.807) is 0 Å². The van der Waals surface area contributed by atoms with Crippen molar-refractivity contribution < 1.29 is 9.47 Å². The summed E-state index contributed by atoms with van der Waals surface area (Å²) in [4.78, 5) is 15.2. The quantitative estimate of drug-likeness (QED) is 0.872. The molecule has 0 aliphatic carbocycles. The van der Waals surface area contributed by atoms with E-state index in [-0.39, 0.29) is 12.2 Å². The number of ether oxygens (including phenoxy) is 2. The highest BCUT2D eigenvalue weighted by Gasteiger charge is 2.21. The zero-order valence-corrected chi connectivity index (χ0v) is 12.6. The summed E-state index contributed by atoms with van der Waals surface area (Å²) in [5.41, 5.74) is 0. The third-order valence-electron chi connectivity index (χ3n) is 2.80. The molecule has 1 saturated heterocycles. The fraction of sp³-hybridized carbons (Fsp3) is 0.769. The number of aromatic nitrogens is 3. The third kappa shape index (κ3) is 3.93. The molecule has 1 unspecified atom stereocenters. The standard InChI is InChI=1S/C13H23N5O2/c1-5-14-11-15-12(17-13(16-11)20-9(2)3)18-6-7-19-10(4)8-18/h9-10H,5-8H2,1-4H3,(H,14,15,16,17). The van der Waals surface area contributed by atoms with Crippen LogP contribution in [0.4, 0.5) is 11.9 Å². The monoisotopic (exact) mass is 281 g/mol. The molecule has 1 aromatic rings. The molecule has 2 heterocycles. The van der Waals surface area contributed by atoms with Crippen molar-refractivity contribution >= 4 is 11.9 Å². The van der Waals surface area contributed by atoms with Crippen LogP contribution in [0.25, 0.3) is 0 Å². The fourth-order valence-electron chi connectivity index (χ4n) is 1.99. The summed E-state index contributed by atoms with van der Waals surface area (Å²) < 4.78 is 11.1. The minimum Gasteiger partial charge on any atom is -0.461 e. The van der Waals surface area contributed by atoms with Gasteiger partial charge in [-0.15, -0.1) is 0 Å². The van der Waals surface area contributed by atoms with Crippen molar-refractivity contribution in [3.63, 3.8) is 0 Å². The van der Waals surface area contributed by atoms with Crippen LogP contribution in [-0.2, 0) is 4.74 Å². The minimum atomic E-state index is 0.0309. The SMILES string of the molecule is CCNc1nc(OC(C)C)nc(N2CCOC(C)C2)n1. The predicted octanol–water partition coefficient (Wildman–Crippen LogP) is 1.32. The number of rotatable bonds is 5. The van der Waals surface area contributed by atoms with Crippen LogP contribution in [0.1, 0.15) is 27.7 Å². The second kappa shape index (κ2) is 6.69. The Balaban J connectivity index is 2.23. The summed E-state index contributed by atoms with van der Waals surface area (Å²) in [7, 11) is 0. The predicted molar refractivity (Wildman–Crippen MR) is 77.4 cm³/mol. The molecule has 0 radical (unpaired) electrons. The van der Waals surface area contributed by atoms with E-state index in [2.05, 4.69) is 25.2 Å². The Morgan fingerprint density at radius 2 is 2.20 bits per heavy atom. The van der Waals surface area contributed by atoms with Crippen molar-refractivity contribution in [3.05, 3.63) is 0 Å². The molecule has 7 nitrogen and oxygen atoms in total. The van der Waals surface area contributed by atoms with Crippen LogP contribution >= 0.6 is 0 Å². The van der Waals surface area contributed by atoms with E-state index in [4.69, 9.17) is 9.47 Å². The van der Waals surface area contributed by atoms with Gasteiger partial charge in [0.25, 0.3) is 0 Å². The molecular weight excluding hydrogens is 258 g/mol. The van der Waals surface area contributed by atoms with Gasteiger partial charge in [0.05, 0.1) is 18.8 Å². The maximum atomic E-state index is 5.60. The Morgan fingerprint density at radius 1 is 1.40 bits per heavy atom. The van der Waals surface area contributed by atoms with Crippen molar-refractivity contribution in [2.75, 3.05) is 36.5 Å². The lowest BCUT2D eigenvalue weighted by atomic mass is 10.3. The first-order valence-corrected chi connectivity index (χ1v) is 7.11. The van der Waals surface area contributed by atoms with Gasteiger partial charge in [-0.05, 0) is 27.7 Å². The molecule has 0 spiro atoms. The summed E-state index contributed by atoms with van der Waals surface area (Å²) in [6, 6.07) is 0.361. The van der Waals surface area contributed by atoms with Crippen LogP contribution < -0.4 is 15.0 Å². The molecule has 1 aromatic heterocycles. The Kier molecular flexibility index (Phi) is 4.94. The number of hydrogen-bond acceptors (Lipinski definition) is 7. The van der Waals surface area contributed by atoms with Crippen molar-refractivity contribution in [2.24, 2.45) is 0 Å². The molecule has 1 aliphatic rings. The summed E-state index contributed by atoms with van der Waals surface area (Å²) in [5.74, 6) is 1.19. The van der Waals surface area contributed by atoms with E-state index < -0.39 is 0 Å². The lowest BCUT2D eigenvalue weighted by Gasteiger charge is -2.31. The topological polar surface area (TPSA) is 72.4 Å². The molecule has 7 heteroatoms. The first-order valence-electron chi connectivity index (χ1n) is 7.11. The summed E-state index contributed by atoms with van der Waals surface area (Å²) in [5, 5.41) is 3.11. The zero-order valence-electron chi connectivity index (χ0n) is 12.6. The highest BCUT2D eigenvalue weighted by molar-refractivity contribution is 5.38. The summed E-state index contributed by atoms with van der Waals surface area (Å²) in [6.45, 7) is 10.9. The van der Waals surface area contributed by atoms with Crippen LogP contribution in [0, 0.1) is 0 Å². The smallest absolute Gasteiger partial charge is 0.323 e. The van der Waals surface area contributed by atoms with Gasteiger partial charge in [-0.1, -0.05) is 0 Å². The van der Waals surface area contributed by atoms with Gasteiger partial charge in [-0.25, -0.2) is 0 Å². The average molecular weight is 281 g/mol. The van der Waals surface area contributed by atoms with E-state index in [1.165, 1.54) is 0 Å². The Morgan fingerprint density at radius 3 is 2.85 bits per heavy atom. The van der Waals surface area contributed by atoms with E-state index in [0.717, 1.165) is 19.6 Å². The largest absolute Gasteiger partial charge is 0.461 e. The molecule has 0 bridgehead atoms. The normalized spacial score (nSPS) is 19.2. The van der Waals surface area contributed by atoms with Gasteiger partial charge in [0, 0.05) is 19.6 Å². The second-order valence-corrected chi connectivity index (χ2v) is 5.07. The Bertz CT molecular complexity index is 441. The number of hydrogen-bond donors (Lipinski definition) is 1. The van der Waals surface area contributed by atoms with Crippen molar-refractivity contribution in [3.8, 4) is 6.01 Å². The Hall–Kier alpha value is -1.63. The highest BCUT2D eigenvalue weighted by atomic mass is 16.5. The average Bonchev–Trinajstić information content (AvgIpc) is 2.38. The number of nitrogens with zero attached hydrogens (tertiary/aromatic N) is 4. The fourth-order valence-corrected chi connectivity index (χ4v) is 1.99. The van der Waals surface area contributed by atoms with Crippen LogP contribution in [0.3, 0.4) is 0 Å². The van der Waals surface area contributed by atoms with Gasteiger partial charge < -0.3 is 19.7 Å². The van der Waals surface area contributed by atoms with Crippen LogP contribution in [-0.4, -0.2) is 53.4 Å². The number of morpholine rings is 1. The zero-order chi connectivity index (χ0) is 14.5. The molecule has 0 amide bonds. The molecule has 2 rings (SSSR count). The first kappa shape index (κ1) is 14.8. The molecule has 0 saturated carbocycles. The van der Waals surface area contributed by atoms with E-state index >= 15 is 0 Å². The van der Waals surface area contributed by atoms with Crippen molar-refractivity contribution in [1.29, 1.82) is 0 Å². The van der Waals surface area contributed by atoms with E-state index in [9.17, 15) is 0 Å². The molecule has 20 heavy (non-hydrogen) atoms. The van der Waals surface area contributed by atoms with Gasteiger partial charge in [0.2, 0.25) is 11.9 Å². The molecular formula is C13H23N5O2. The molecule has 1 N–H and O–H groups in total. The first-order chi connectivity index (χ1) is 9.58. The Labute approximate surface area is 119 Å². The van der Waals surface area contributed by atoms with E-state index in [0.29, 0.717) is 24.5 Å². The molecule has 1 fully saturated rings. The van der Waals surface area contributed by atoms with Gasteiger partial charge >= 0.3 is 6.01 Å². The number of anilines is 2. The van der Waals surface area contributed by atoms with Crippen LogP contribution in [0.2, 0.25) is 0 Å². The van der Waals surface area contributed by atoms with Crippen LogP contribution in [0.5, 0.6) is 6.01 Å². The lowest BCUT2D eigenvalue weighted by molar-refractivity contribution is 0.0525. The van der Waals surface area contributed by atoms with Gasteiger partial charge in [0.15, 0.2) is 0 Å². The van der Waals surface area contributed by atoms with Crippen molar-refractivity contribution in [1.82, 2.24) is 15.0 Å². The highest BCUT2D eigenvalue weighted by Crippen LogP contribution is 2.18. The van der Waals surface area contributed by atoms with E-state index in [1.807, 2.05) is 27.7 Å². The van der Waals surface area contributed by atoms with Gasteiger partial charge in [-0.3, -0.25) is 0 Å². The third-order valence-corrected chi connectivity index (χ3v) is 2.80. The summed E-state index contributed by atoms with van der Waals surface area (Å²) in [6.07, 6.45) is 0.209. The number of nitrogens with one attached hydrogen (secondary N) is 1. The van der Waals surface area contributed by atoms with Gasteiger partial charge in [-0.2, -0.15) is 15.0 Å². The van der Waals surface area contributed by atoms with Crippen LogP contribution in [0.15, 0.2) is 0 Å². The van der Waals surface area contributed by atoms with Crippen molar-refractivity contribution in [2.45, 2.75) is 39.9 Å². The molecule has 112 valence electrons. The minimum absolute atomic E-state index is 0.0309. The summed E-state index contributed by atoms with van der Waals surface area (Å²) >= 11 is 0. The lowest BCUT2D eigenvalue weighted by Crippen LogP contribution is -2.42. The molecule has 1 atom stereocenters. The molecule has 1 aliphatic heterocycles. The maximum Gasteiger partial charge on any atom is 0.323 e. The molecule has 0 aromatic carbocycles.